The van der Waals surface area contributed by atoms with Crippen molar-refractivity contribution < 1.29 is 4.74 Å². The largest absolute Gasteiger partial charge is 0.497 e. The summed E-state index contributed by atoms with van der Waals surface area (Å²) in [6.45, 7) is 4.87. The number of H-pyrrole nitrogens is 1. The van der Waals surface area contributed by atoms with Crippen LogP contribution in [0.2, 0.25) is 0 Å². The van der Waals surface area contributed by atoms with Crippen LogP contribution in [0.5, 0.6) is 5.75 Å². The molecule has 2 N–H and O–H groups in total. The first-order valence-electron chi connectivity index (χ1n) is 9.95. The van der Waals surface area contributed by atoms with Crippen molar-refractivity contribution in [2.45, 2.75) is 26.4 Å². The second-order valence-corrected chi connectivity index (χ2v) is 7.55. The fourth-order valence-corrected chi connectivity index (χ4v) is 3.51. The van der Waals surface area contributed by atoms with Gasteiger partial charge >= 0.3 is 0 Å². The number of hydrogen-bond donors (Lipinski definition) is 2. The first-order chi connectivity index (χ1) is 14.5. The predicted molar refractivity (Wildman–Crippen MR) is 116 cm³/mol. The van der Waals surface area contributed by atoms with Crippen molar-refractivity contribution in [2.75, 3.05) is 7.11 Å². The minimum absolute atomic E-state index is 0.0675. The molecule has 4 aromatic rings. The fourth-order valence-electron chi connectivity index (χ4n) is 3.51. The van der Waals surface area contributed by atoms with Gasteiger partial charge in [0.05, 0.1) is 30.2 Å². The number of nitrogens with zero attached hydrogens (tertiary/aromatic N) is 3. The predicted octanol–water partition coefficient (Wildman–Crippen LogP) is 3.58. The van der Waals surface area contributed by atoms with Gasteiger partial charge in [-0.05, 0) is 35.7 Å². The van der Waals surface area contributed by atoms with E-state index in [2.05, 4.69) is 29.2 Å². The van der Waals surface area contributed by atoms with Crippen LogP contribution in [0.25, 0.3) is 17.0 Å². The monoisotopic (exact) mass is 403 g/mol. The maximum Gasteiger partial charge on any atom is 0.272 e. The summed E-state index contributed by atoms with van der Waals surface area (Å²) in [5.74, 6) is 1.07. The van der Waals surface area contributed by atoms with E-state index in [9.17, 15) is 4.79 Å². The lowest BCUT2D eigenvalue weighted by atomic mass is 10.00. The van der Waals surface area contributed by atoms with Crippen LogP contribution in [0.1, 0.15) is 31.1 Å². The molecule has 7 heteroatoms. The maximum absolute atomic E-state index is 12.8. The molecule has 0 saturated carbocycles. The Morgan fingerprint density at radius 1 is 1.13 bits per heavy atom. The van der Waals surface area contributed by atoms with Crippen molar-refractivity contribution in [3.63, 3.8) is 0 Å². The number of aromatic amines is 1. The Bertz CT molecular complexity index is 1200. The van der Waals surface area contributed by atoms with Crippen LogP contribution in [0, 0.1) is 5.92 Å². The summed E-state index contributed by atoms with van der Waals surface area (Å²) in [4.78, 5) is 21.9. The highest BCUT2D eigenvalue weighted by Gasteiger charge is 2.19. The van der Waals surface area contributed by atoms with E-state index in [1.807, 2.05) is 48.5 Å². The summed E-state index contributed by atoms with van der Waals surface area (Å²) in [5.41, 5.74) is 3.78. The minimum Gasteiger partial charge on any atom is -0.497 e. The van der Waals surface area contributed by atoms with Gasteiger partial charge in [0.25, 0.3) is 5.56 Å². The fraction of sp³-hybridized carbons (Fsp3) is 0.261. The van der Waals surface area contributed by atoms with Gasteiger partial charge in [0.15, 0.2) is 5.65 Å². The Labute approximate surface area is 174 Å². The van der Waals surface area contributed by atoms with Gasteiger partial charge in [-0.3, -0.25) is 14.9 Å². The molecule has 1 atom stereocenters. The van der Waals surface area contributed by atoms with E-state index in [-0.39, 0.29) is 17.5 Å². The zero-order valence-corrected chi connectivity index (χ0v) is 17.3. The minimum atomic E-state index is -0.147. The number of pyridine rings is 1. The summed E-state index contributed by atoms with van der Waals surface area (Å²) < 4.78 is 6.76. The molecule has 3 aromatic heterocycles. The summed E-state index contributed by atoms with van der Waals surface area (Å²) in [6, 6.07) is 17.0. The molecular weight excluding hydrogens is 378 g/mol. The highest BCUT2D eigenvalue weighted by Crippen LogP contribution is 2.22. The molecule has 0 spiro atoms. The van der Waals surface area contributed by atoms with Crippen molar-refractivity contribution in [3.05, 3.63) is 82.4 Å². The van der Waals surface area contributed by atoms with Crippen LogP contribution < -0.4 is 15.6 Å². The van der Waals surface area contributed by atoms with Crippen LogP contribution >= 0.6 is 0 Å². The first kappa shape index (κ1) is 19.8. The van der Waals surface area contributed by atoms with E-state index in [1.54, 1.807) is 19.4 Å². The van der Waals surface area contributed by atoms with Crippen LogP contribution in [-0.4, -0.2) is 26.7 Å². The van der Waals surface area contributed by atoms with Crippen molar-refractivity contribution in [2.24, 2.45) is 5.92 Å². The van der Waals surface area contributed by atoms with Gasteiger partial charge in [0.1, 0.15) is 5.75 Å². The van der Waals surface area contributed by atoms with Crippen molar-refractivity contribution in [3.8, 4) is 17.1 Å². The Morgan fingerprint density at radius 2 is 2.00 bits per heavy atom. The molecule has 0 bridgehead atoms. The molecule has 0 aliphatic carbocycles. The lowest BCUT2D eigenvalue weighted by Crippen LogP contribution is -2.28. The van der Waals surface area contributed by atoms with Gasteiger partial charge in [0, 0.05) is 24.9 Å². The SMILES string of the molecule is COc1cccc(CN[C@H](c2cc(=O)n3[nH]c(-c4ccccn4)cc3n2)C(C)C)c1. The summed E-state index contributed by atoms with van der Waals surface area (Å²) in [6.07, 6.45) is 1.72. The Hall–Kier alpha value is -3.45. The van der Waals surface area contributed by atoms with Crippen LogP contribution in [-0.2, 0) is 6.54 Å². The highest BCUT2D eigenvalue weighted by atomic mass is 16.5. The molecule has 3 heterocycles. The molecule has 0 fully saturated rings. The number of fused-ring (bicyclic) bond motifs is 1. The zero-order chi connectivity index (χ0) is 21.1. The second kappa shape index (κ2) is 8.51. The van der Waals surface area contributed by atoms with Gasteiger partial charge in [0.2, 0.25) is 0 Å². The molecule has 4 rings (SSSR count). The van der Waals surface area contributed by atoms with E-state index in [0.29, 0.717) is 12.2 Å². The molecular formula is C23H25N5O2. The van der Waals surface area contributed by atoms with E-state index < -0.39 is 0 Å². The number of methoxy groups -OCH3 is 1. The molecule has 0 aliphatic heterocycles. The van der Waals surface area contributed by atoms with E-state index in [0.717, 1.165) is 28.4 Å². The van der Waals surface area contributed by atoms with Crippen LogP contribution in [0.4, 0.5) is 0 Å². The van der Waals surface area contributed by atoms with E-state index >= 15 is 0 Å². The molecule has 7 nitrogen and oxygen atoms in total. The first-order valence-corrected chi connectivity index (χ1v) is 9.95. The van der Waals surface area contributed by atoms with E-state index in [4.69, 9.17) is 9.72 Å². The molecule has 0 saturated heterocycles. The van der Waals surface area contributed by atoms with Crippen LogP contribution in [0.3, 0.4) is 0 Å². The molecule has 30 heavy (non-hydrogen) atoms. The number of hydrogen-bond acceptors (Lipinski definition) is 5. The molecule has 0 amide bonds. The number of nitrogens with one attached hydrogen (secondary N) is 2. The van der Waals surface area contributed by atoms with Crippen molar-refractivity contribution in [1.82, 2.24) is 24.9 Å². The quantitative estimate of drug-likeness (QED) is 0.493. The van der Waals surface area contributed by atoms with Crippen molar-refractivity contribution >= 4 is 5.65 Å². The highest BCUT2D eigenvalue weighted by molar-refractivity contribution is 5.60. The Morgan fingerprint density at radius 3 is 2.73 bits per heavy atom. The van der Waals surface area contributed by atoms with Gasteiger partial charge in [-0.2, -0.15) is 0 Å². The third kappa shape index (κ3) is 4.11. The topological polar surface area (TPSA) is 84.3 Å². The number of ether oxygens (including phenoxy) is 1. The molecule has 0 radical (unpaired) electrons. The molecule has 0 aliphatic rings. The number of benzene rings is 1. The zero-order valence-electron chi connectivity index (χ0n) is 17.3. The smallest absolute Gasteiger partial charge is 0.272 e. The summed E-state index contributed by atoms with van der Waals surface area (Å²) in [7, 11) is 1.66. The lowest BCUT2D eigenvalue weighted by molar-refractivity contribution is 0.398. The Balaban J connectivity index is 1.64. The average molecular weight is 403 g/mol. The summed E-state index contributed by atoms with van der Waals surface area (Å²) >= 11 is 0. The third-order valence-corrected chi connectivity index (χ3v) is 5.06. The van der Waals surface area contributed by atoms with Gasteiger partial charge in [-0.1, -0.05) is 32.0 Å². The Kier molecular flexibility index (Phi) is 5.63. The maximum atomic E-state index is 12.8. The average Bonchev–Trinajstić information content (AvgIpc) is 3.19. The number of rotatable bonds is 7. The molecule has 1 aromatic carbocycles. The third-order valence-electron chi connectivity index (χ3n) is 5.06. The molecule has 154 valence electrons. The molecule has 0 unspecified atom stereocenters. The summed E-state index contributed by atoms with van der Waals surface area (Å²) in [5, 5.41) is 6.64. The van der Waals surface area contributed by atoms with Gasteiger partial charge in [-0.25, -0.2) is 9.50 Å². The standard InChI is InChI=1S/C23H25N5O2/c1-15(2)23(25-14-16-7-6-8-17(11-16)30-3)20-13-22(29)28-21(26-20)12-19(27-28)18-9-4-5-10-24-18/h4-13,15,23,25,27H,14H2,1-3H3/t23-/m0/s1. The normalized spacial score (nSPS) is 12.4. The van der Waals surface area contributed by atoms with E-state index in [1.165, 1.54) is 4.52 Å². The second-order valence-electron chi connectivity index (χ2n) is 7.55. The van der Waals surface area contributed by atoms with Crippen LogP contribution in [0.15, 0.2) is 65.6 Å². The lowest BCUT2D eigenvalue weighted by Gasteiger charge is -2.22. The number of aromatic nitrogens is 4. The van der Waals surface area contributed by atoms with Gasteiger partial charge in [-0.15, -0.1) is 0 Å². The van der Waals surface area contributed by atoms with Crippen molar-refractivity contribution in [1.29, 1.82) is 0 Å². The van der Waals surface area contributed by atoms with Gasteiger partial charge < -0.3 is 10.1 Å².